The highest BCUT2D eigenvalue weighted by Gasteiger charge is 2.38. The van der Waals surface area contributed by atoms with Crippen molar-refractivity contribution in [2.24, 2.45) is 0 Å². The van der Waals surface area contributed by atoms with Crippen molar-refractivity contribution in [1.82, 2.24) is 15.1 Å². The smallest absolute Gasteiger partial charge is 0.410 e. The maximum absolute atomic E-state index is 13.7. The van der Waals surface area contributed by atoms with Crippen LogP contribution < -0.4 is 5.32 Å². The average molecular weight is 516 g/mol. The fourth-order valence-corrected chi connectivity index (χ4v) is 4.85. The maximum Gasteiger partial charge on any atom is 0.410 e. The largest absolute Gasteiger partial charge is 0.444 e. The molecule has 1 saturated heterocycles. The second kappa shape index (κ2) is 11.7. The summed E-state index contributed by atoms with van der Waals surface area (Å²) in [6.07, 6.45) is 1.07. The van der Waals surface area contributed by atoms with E-state index in [0.29, 0.717) is 32.4 Å². The molecule has 1 aliphatic heterocycles. The fraction of sp³-hybridized carbons (Fsp3) is 0.387. The zero-order valence-electron chi connectivity index (χ0n) is 22.6. The van der Waals surface area contributed by atoms with Crippen molar-refractivity contribution in [3.8, 4) is 0 Å². The van der Waals surface area contributed by atoms with Crippen molar-refractivity contribution in [3.05, 3.63) is 83.9 Å². The highest BCUT2D eigenvalue weighted by Crippen LogP contribution is 2.22. The highest BCUT2D eigenvalue weighted by molar-refractivity contribution is 5.92. The molecule has 0 spiro atoms. The number of carbonyl (C=O) groups excluding carboxylic acids is 3. The number of amides is 3. The Labute approximate surface area is 224 Å². The van der Waals surface area contributed by atoms with Crippen molar-refractivity contribution in [2.45, 2.75) is 64.3 Å². The molecule has 1 aliphatic rings. The minimum Gasteiger partial charge on any atom is -0.444 e. The molecular formula is C31H37N3O4. The third-order valence-corrected chi connectivity index (χ3v) is 6.69. The van der Waals surface area contributed by atoms with Gasteiger partial charge in [0, 0.05) is 26.6 Å². The molecule has 0 saturated carbocycles. The molecule has 200 valence electrons. The van der Waals surface area contributed by atoms with Crippen molar-refractivity contribution in [2.75, 3.05) is 13.6 Å². The summed E-state index contributed by atoms with van der Waals surface area (Å²) in [5.74, 6) is -0.516. The zero-order chi connectivity index (χ0) is 27.3. The van der Waals surface area contributed by atoms with Crippen LogP contribution in [0, 0.1) is 0 Å². The molecule has 38 heavy (non-hydrogen) atoms. The Hall–Kier alpha value is -3.87. The first-order chi connectivity index (χ1) is 18.1. The lowest BCUT2D eigenvalue weighted by Gasteiger charge is -2.30. The Bertz CT molecular complexity index is 1290. The average Bonchev–Trinajstić information content (AvgIpc) is 3.38. The molecule has 0 aliphatic carbocycles. The Morgan fingerprint density at radius 3 is 2.37 bits per heavy atom. The number of hydrogen-bond acceptors (Lipinski definition) is 4. The summed E-state index contributed by atoms with van der Waals surface area (Å²) in [5, 5.41) is 5.18. The maximum atomic E-state index is 13.7. The first-order valence-corrected chi connectivity index (χ1v) is 13.2. The van der Waals surface area contributed by atoms with Gasteiger partial charge < -0.3 is 15.0 Å². The van der Waals surface area contributed by atoms with Crippen LogP contribution in [0.3, 0.4) is 0 Å². The van der Waals surface area contributed by atoms with Crippen LogP contribution >= 0.6 is 0 Å². The first kappa shape index (κ1) is 27.2. The topological polar surface area (TPSA) is 79.0 Å². The molecule has 1 heterocycles. The van der Waals surface area contributed by atoms with Crippen LogP contribution in [0.5, 0.6) is 0 Å². The van der Waals surface area contributed by atoms with Gasteiger partial charge in [-0.25, -0.2) is 4.79 Å². The van der Waals surface area contributed by atoms with Gasteiger partial charge in [0.05, 0.1) is 0 Å². The van der Waals surface area contributed by atoms with Gasteiger partial charge in [-0.05, 0) is 55.5 Å². The van der Waals surface area contributed by atoms with Gasteiger partial charge in [0.15, 0.2) is 0 Å². The fourth-order valence-electron chi connectivity index (χ4n) is 4.85. The third kappa shape index (κ3) is 6.91. The van der Waals surface area contributed by atoms with E-state index in [-0.39, 0.29) is 11.8 Å². The second-order valence-electron chi connectivity index (χ2n) is 11.0. The van der Waals surface area contributed by atoms with Crippen LogP contribution in [0.4, 0.5) is 4.79 Å². The molecule has 1 fully saturated rings. The standard InChI is InChI=1S/C31H37N3O4/c1-31(2,3)38-30(37)34-18-10-15-27(34)28(35)32-26(29(36)33(4)21-22-11-6-5-7-12-22)20-23-16-17-24-13-8-9-14-25(24)19-23/h5-9,11-14,16-17,19,26-27H,10,15,18,20-21H2,1-4H3,(H,32,35)/t26?,27-/m0/s1. The summed E-state index contributed by atoms with van der Waals surface area (Å²) in [4.78, 5) is 43.1. The minimum absolute atomic E-state index is 0.183. The van der Waals surface area contributed by atoms with E-state index < -0.39 is 23.8 Å². The van der Waals surface area contributed by atoms with Gasteiger partial charge in [-0.3, -0.25) is 14.5 Å². The van der Waals surface area contributed by atoms with Gasteiger partial charge in [-0.15, -0.1) is 0 Å². The van der Waals surface area contributed by atoms with E-state index in [1.165, 1.54) is 4.90 Å². The molecule has 3 aromatic carbocycles. The molecule has 1 unspecified atom stereocenters. The molecule has 1 N–H and O–H groups in total. The van der Waals surface area contributed by atoms with Crippen LogP contribution in [0.15, 0.2) is 72.8 Å². The van der Waals surface area contributed by atoms with Crippen LogP contribution in [0.2, 0.25) is 0 Å². The quantitative estimate of drug-likeness (QED) is 0.484. The Morgan fingerprint density at radius 2 is 1.66 bits per heavy atom. The number of benzene rings is 3. The monoisotopic (exact) mass is 515 g/mol. The lowest BCUT2D eigenvalue weighted by atomic mass is 10.00. The number of likely N-dealkylation sites (N-methyl/N-ethyl adjacent to an activating group) is 1. The highest BCUT2D eigenvalue weighted by atomic mass is 16.6. The van der Waals surface area contributed by atoms with Gasteiger partial charge in [-0.1, -0.05) is 72.8 Å². The van der Waals surface area contributed by atoms with E-state index in [1.807, 2.05) is 66.7 Å². The Kier molecular flexibility index (Phi) is 8.35. The number of nitrogens with one attached hydrogen (secondary N) is 1. The summed E-state index contributed by atoms with van der Waals surface area (Å²) in [6.45, 7) is 6.28. The Balaban J connectivity index is 1.54. The molecular weight excluding hydrogens is 478 g/mol. The van der Waals surface area contributed by atoms with Gasteiger partial charge >= 0.3 is 6.09 Å². The number of likely N-dealkylation sites (tertiary alicyclic amines) is 1. The van der Waals surface area contributed by atoms with Crippen LogP contribution in [-0.4, -0.2) is 59.0 Å². The van der Waals surface area contributed by atoms with Crippen molar-refractivity contribution in [1.29, 1.82) is 0 Å². The summed E-state index contributed by atoms with van der Waals surface area (Å²) in [5.41, 5.74) is 1.30. The van der Waals surface area contributed by atoms with E-state index in [1.54, 1.807) is 32.7 Å². The Morgan fingerprint density at radius 1 is 0.974 bits per heavy atom. The normalized spacial score (nSPS) is 16.2. The summed E-state index contributed by atoms with van der Waals surface area (Å²) in [6, 6.07) is 22.4. The first-order valence-electron chi connectivity index (χ1n) is 13.2. The molecule has 2 atom stereocenters. The molecule has 4 rings (SSSR count). The third-order valence-electron chi connectivity index (χ3n) is 6.69. The van der Waals surface area contributed by atoms with Gasteiger partial charge in [-0.2, -0.15) is 0 Å². The van der Waals surface area contributed by atoms with E-state index >= 15 is 0 Å². The molecule has 0 radical (unpaired) electrons. The van der Waals surface area contributed by atoms with E-state index in [2.05, 4.69) is 11.4 Å². The number of fused-ring (bicyclic) bond motifs is 1. The van der Waals surface area contributed by atoms with Crippen molar-refractivity contribution in [3.63, 3.8) is 0 Å². The van der Waals surface area contributed by atoms with Crippen molar-refractivity contribution < 1.29 is 19.1 Å². The molecule has 7 nitrogen and oxygen atoms in total. The lowest BCUT2D eigenvalue weighted by molar-refractivity contribution is -0.136. The zero-order valence-corrected chi connectivity index (χ0v) is 22.6. The van der Waals surface area contributed by atoms with E-state index in [9.17, 15) is 14.4 Å². The number of rotatable bonds is 7. The summed E-state index contributed by atoms with van der Waals surface area (Å²) >= 11 is 0. The molecule has 7 heteroatoms. The molecule has 0 bridgehead atoms. The van der Waals surface area contributed by atoms with Gasteiger partial charge in [0.2, 0.25) is 11.8 Å². The van der Waals surface area contributed by atoms with Crippen LogP contribution in [0.1, 0.15) is 44.7 Å². The van der Waals surface area contributed by atoms with Crippen molar-refractivity contribution >= 4 is 28.7 Å². The SMILES string of the molecule is CN(Cc1ccccc1)C(=O)C(Cc1ccc2ccccc2c1)NC(=O)[C@@H]1CCCN1C(=O)OC(C)(C)C. The predicted octanol–water partition coefficient (Wildman–Crippen LogP) is 4.93. The van der Waals surface area contributed by atoms with Crippen LogP contribution in [0.25, 0.3) is 10.8 Å². The number of nitrogens with zero attached hydrogens (tertiary/aromatic N) is 2. The second-order valence-corrected chi connectivity index (χ2v) is 11.0. The molecule has 3 aromatic rings. The summed E-state index contributed by atoms with van der Waals surface area (Å²) in [7, 11) is 1.75. The number of ether oxygens (including phenoxy) is 1. The lowest BCUT2D eigenvalue weighted by Crippen LogP contribution is -2.54. The molecule has 0 aromatic heterocycles. The van der Waals surface area contributed by atoms with Gasteiger partial charge in [0.25, 0.3) is 0 Å². The van der Waals surface area contributed by atoms with Crippen LogP contribution in [-0.2, 0) is 27.3 Å². The van der Waals surface area contributed by atoms with E-state index in [4.69, 9.17) is 4.74 Å². The molecule has 3 amide bonds. The van der Waals surface area contributed by atoms with E-state index in [0.717, 1.165) is 21.9 Å². The summed E-state index contributed by atoms with van der Waals surface area (Å²) < 4.78 is 5.53. The number of carbonyl (C=O) groups is 3. The predicted molar refractivity (Wildman–Crippen MR) is 148 cm³/mol. The van der Waals surface area contributed by atoms with Gasteiger partial charge in [0.1, 0.15) is 17.7 Å². The number of hydrogen-bond donors (Lipinski definition) is 1. The minimum atomic E-state index is -0.779.